The van der Waals surface area contributed by atoms with Crippen LogP contribution < -0.4 is 5.19 Å². The van der Waals surface area contributed by atoms with Crippen molar-refractivity contribution in [3.63, 3.8) is 0 Å². The third-order valence-electron chi connectivity index (χ3n) is 3.66. The van der Waals surface area contributed by atoms with Crippen LogP contribution in [0.3, 0.4) is 0 Å². The summed E-state index contributed by atoms with van der Waals surface area (Å²) in [5.74, 6) is 0.406. The monoisotopic (exact) mass is 300 g/mol. The quantitative estimate of drug-likeness (QED) is 0.739. The Balaban J connectivity index is 2.44. The second kappa shape index (κ2) is 6.14. The lowest BCUT2D eigenvalue weighted by Gasteiger charge is -2.16. The molecule has 21 heavy (non-hydrogen) atoms. The summed E-state index contributed by atoms with van der Waals surface area (Å²) >= 11 is 0. The first kappa shape index (κ1) is 12.2. The summed E-state index contributed by atoms with van der Waals surface area (Å²) in [5, 5.41) is 1.33. The minimum atomic E-state index is -2.07. The topological polar surface area (TPSA) is 12.9 Å². The lowest BCUT2D eigenvalue weighted by molar-refractivity contribution is 0.645. The zero-order valence-corrected chi connectivity index (χ0v) is 14.7. The van der Waals surface area contributed by atoms with Crippen molar-refractivity contribution in [2.24, 2.45) is 5.92 Å². The van der Waals surface area contributed by atoms with Gasteiger partial charge in [-0.05, 0) is 47.6 Å². The highest BCUT2D eigenvalue weighted by atomic mass is 28.3. The van der Waals surface area contributed by atoms with Crippen molar-refractivity contribution in [2.45, 2.75) is 46.8 Å². The molecular formula is C19H27NSi. The SMILES string of the molecule is [2H]C([2H])([2H])c1ccc(-c2ccc([Si](C)(C)C)cn2)cc1CC(C)C. The van der Waals surface area contributed by atoms with Crippen LogP contribution in [0.15, 0.2) is 36.5 Å². The summed E-state index contributed by atoms with van der Waals surface area (Å²) < 4.78 is 23.3. The van der Waals surface area contributed by atoms with Gasteiger partial charge in [0.05, 0.1) is 13.8 Å². The van der Waals surface area contributed by atoms with Crippen molar-refractivity contribution in [1.29, 1.82) is 0 Å². The van der Waals surface area contributed by atoms with E-state index in [1.165, 1.54) is 5.19 Å². The van der Waals surface area contributed by atoms with Crippen LogP contribution in [0.4, 0.5) is 0 Å². The van der Waals surface area contributed by atoms with Gasteiger partial charge in [-0.1, -0.05) is 51.7 Å². The normalized spacial score (nSPS) is 14.7. The van der Waals surface area contributed by atoms with Gasteiger partial charge in [0.25, 0.3) is 0 Å². The Morgan fingerprint density at radius 2 is 1.90 bits per heavy atom. The summed E-state index contributed by atoms with van der Waals surface area (Å²) in [4.78, 5) is 4.62. The molecule has 2 aromatic rings. The summed E-state index contributed by atoms with van der Waals surface area (Å²) in [6.45, 7) is 9.05. The van der Waals surface area contributed by atoms with Crippen LogP contribution in [0, 0.1) is 12.8 Å². The van der Waals surface area contributed by atoms with Gasteiger partial charge in [-0.15, -0.1) is 0 Å². The minimum absolute atomic E-state index is 0.406. The first-order valence-electron chi connectivity index (χ1n) is 9.09. The molecule has 0 bridgehead atoms. The van der Waals surface area contributed by atoms with Crippen molar-refractivity contribution in [3.8, 4) is 11.3 Å². The number of nitrogens with zero attached hydrogens (tertiary/aromatic N) is 1. The molecule has 1 heterocycles. The van der Waals surface area contributed by atoms with Crippen molar-refractivity contribution >= 4 is 13.3 Å². The molecule has 0 aliphatic carbocycles. The molecule has 0 saturated carbocycles. The second-order valence-corrected chi connectivity index (χ2v) is 12.2. The van der Waals surface area contributed by atoms with E-state index in [0.29, 0.717) is 11.5 Å². The van der Waals surface area contributed by atoms with Gasteiger partial charge in [0, 0.05) is 15.9 Å². The lowest BCUT2D eigenvalue weighted by Crippen LogP contribution is -2.37. The molecule has 1 nitrogen and oxygen atoms in total. The minimum Gasteiger partial charge on any atom is -0.256 e. The first-order valence-corrected chi connectivity index (χ1v) is 11.1. The lowest BCUT2D eigenvalue weighted by atomic mass is 9.96. The van der Waals surface area contributed by atoms with Gasteiger partial charge < -0.3 is 0 Å². The van der Waals surface area contributed by atoms with Crippen molar-refractivity contribution in [2.75, 3.05) is 0 Å². The Morgan fingerprint density at radius 1 is 1.14 bits per heavy atom. The Morgan fingerprint density at radius 3 is 2.43 bits per heavy atom. The maximum Gasteiger partial charge on any atom is 0.0796 e. The highest BCUT2D eigenvalue weighted by Crippen LogP contribution is 2.22. The van der Waals surface area contributed by atoms with Crippen molar-refractivity contribution < 1.29 is 4.11 Å². The van der Waals surface area contributed by atoms with Crippen molar-refractivity contribution in [1.82, 2.24) is 4.98 Å². The zero-order chi connectivity index (χ0) is 18.1. The van der Waals surface area contributed by atoms with E-state index in [2.05, 4.69) is 50.6 Å². The number of hydrogen-bond donors (Lipinski definition) is 0. The summed E-state index contributed by atoms with van der Waals surface area (Å²) in [7, 11) is -1.36. The molecule has 0 saturated heterocycles. The van der Waals surface area contributed by atoms with Gasteiger partial charge in [-0.3, -0.25) is 4.98 Å². The number of hydrogen-bond acceptors (Lipinski definition) is 1. The van der Waals surface area contributed by atoms with E-state index in [-0.39, 0.29) is 0 Å². The number of aryl methyl sites for hydroxylation is 1. The summed E-state index contributed by atoms with van der Waals surface area (Å²) in [5.41, 5.74) is 3.25. The van der Waals surface area contributed by atoms with E-state index < -0.39 is 14.9 Å². The molecule has 0 radical (unpaired) electrons. The van der Waals surface area contributed by atoms with Gasteiger partial charge in [-0.2, -0.15) is 0 Å². The van der Waals surface area contributed by atoms with E-state index in [1.807, 2.05) is 18.3 Å². The van der Waals surface area contributed by atoms with Gasteiger partial charge in [-0.25, -0.2) is 0 Å². The fraction of sp³-hybridized carbons (Fsp3) is 0.421. The predicted molar refractivity (Wildman–Crippen MR) is 95.9 cm³/mol. The number of benzene rings is 1. The number of aromatic nitrogens is 1. The maximum absolute atomic E-state index is 7.75. The molecule has 0 N–H and O–H groups in total. The molecule has 0 amide bonds. The molecule has 0 aliphatic heterocycles. The van der Waals surface area contributed by atoms with Crippen LogP contribution in [0.1, 0.15) is 29.1 Å². The first-order chi connectivity index (χ1) is 11.0. The fourth-order valence-corrected chi connectivity index (χ4v) is 3.41. The third-order valence-corrected chi connectivity index (χ3v) is 5.69. The smallest absolute Gasteiger partial charge is 0.0796 e. The average molecular weight is 301 g/mol. The van der Waals surface area contributed by atoms with E-state index in [9.17, 15) is 0 Å². The van der Waals surface area contributed by atoms with E-state index in [4.69, 9.17) is 4.11 Å². The van der Waals surface area contributed by atoms with Gasteiger partial charge in [0.2, 0.25) is 0 Å². The Kier molecular flexibility index (Phi) is 3.56. The van der Waals surface area contributed by atoms with Crippen LogP contribution >= 0.6 is 0 Å². The largest absolute Gasteiger partial charge is 0.256 e. The molecule has 0 unspecified atom stereocenters. The van der Waals surface area contributed by atoms with E-state index in [0.717, 1.165) is 23.2 Å². The molecule has 1 aromatic heterocycles. The van der Waals surface area contributed by atoms with Gasteiger partial charge in [0.15, 0.2) is 0 Å². The molecule has 0 aliphatic rings. The highest BCUT2D eigenvalue weighted by Gasteiger charge is 2.16. The van der Waals surface area contributed by atoms with Crippen LogP contribution in [-0.2, 0) is 6.42 Å². The Bertz CT molecular complexity index is 698. The molecule has 1 aromatic carbocycles. The van der Waals surface area contributed by atoms with Crippen LogP contribution in [-0.4, -0.2) is 13.1 Å². The van der Waals surface area contributed by atoms with Gasteiger partial charge in [0.1, 0.15) is 0 Å². The van der Waals surface area contributed by atoms with E-state index in [1.54, 1.807) is 6.07 Å². The average Bonchev–Trinajstić information content (AvgIpc) is 2.44. The number of pyridine rings is 1. The molecule has 0 atom stereocenters. The molecule has 112 valence electrons. The summed E-state index contributed by atoms with van der Waals surface area (Å²) in [6, 6.07) is 9.83. The van der Waals surface area contributed by atoms with Crippen LogP contribution in [0.5, 0.6) is 0 Å². The summed E-state index contributed by atoms with van der Waals surface area (Å²) in [6.07, 6.45) is 2.73. The molecule has 2 heteroatoms. The molecule has 2 rings (SSSR count). The fourth-order valence-electron chi connectivity index (χ4n) is 2.37. The van der Waals surface area contributed by atoms with Gasteiger partial charge >= 0.3 is 0 Å². The third kappa shape index (κ3) is 4.04. The maximum atomic E-state index is 7.75. The van der Waals surface area contributed by atoms with Crippen molar-refractivity contribution in [3.05, 3.63) is 47.7 Å². The standard InChI is InChI=1S/C19H27NSi/c1-14(2)11-17-12-16(8-7-15(17)3)19-10-9-18(13-20-19)21(4,5)6/h7-10,12-14H,11H2,1-6H3/i3D3. The molecule has 0 fully saturated rings. The number of rotatable bonds is 4. The second-order valence-electron chi connectivity index (χ2n) is 7.15. The predicted octanol–water partition coefficient (Wildman–Crippen LogP) is 4.80. The zero-order valence-electron chi connectivity index (χ0n) is 16.7. The van der Waals surface area contributed by atoms with Crippen LogP contribution in [0.25, 0.3) is 11.3 Å². The Labute approximate surface area is 134 Å². The van der Waals surface area contributed by atoms with E-state index >= 15 is 0 Å². The molecular weight excluding hydrogens is 270 g/mol. The Hall–Kier alpha value is -1.41. The molecule has 0 spiro atoms. The van der Waals surface area contributed by atoms with Crippen LogP contribution in [0.2, 0.25) is 19.6 Å². The highest BCUT2D eigenvalue weighted by molar-refractivity contribution is 6.88.